The minimum atomic E-state index is -1.10. The lowest BCUT2D eigenvalue weighted by atomic mass is 9.72. The summed E-state index contributed by atoms with van der Waals surface area (Å²) in [6.07, 6.45) is 2.52. The standard InChI is InChI=1S/C22H25F2NO3S/c1-5-28-21(27)18-14-8-7-13(22(2,3)4)11-17(14)29-20(18)25-19(26)12-6-9-15(23)16(24)10-12/h6,9-10,13H,5,7-8,11H2,1-4H3,(H,25,26)/t13-/m1/s1. The van der Waals surface area contributed by atoms with E-state index in [0.717, 1.165) is 41.8 Å². The molecular weight excluding hydrogens is 396 g/mol. The first-order valence-corrected chi connectivity index (χ1v) is 10.5. The van der Waals surface area contributed by atoms with Crippen molar-refractivity contribution >= 4 is 28.2 Å². The van der Waals surface area contributed by atoms with E-state index in [4.69, 9.17) is 4.74 Å². The highest BCUT2D eigenvalue weighted by molar-refractivity contribution is 7.17. The first-order chi connectivity index (χ1) is 13.6. The summed E-state index contributed by atoms with van der Waals surface area (Å²) in [5, 5.41) is 3.11. The lowest BCUT2D eigenvalue weighted by Crippen LogP contribution is -2.26. The van der Waals surface area contributed by atoms with E-state index in [1.807, 2.05) is 0 Å². The summed E-state index contributed by atoms with van der Waals surface area (Å²) in [5.74, 6) is -2.71. The summed E-state index contributed by atoms with van der Waals surface area (Å²) < 4.78 is 31.9. The van der Waals surface area contributed by atoms with Gasteiger partial charge in [0.15, 0.2) is 11.6 Å². The van der Waals surface area contributed by atoms with E-state index in [1.165, 1.54) is 17.4 Å². The molecule has 0 saturated carbocycles. The van der Waals surface area contributed by atoms with E-state index in [9.17, 15) is 18.4 Å². The highest BCUT2D eigenvalue weighted by Gasteiger charge is 2.34. The molecule has 1 aliphatic rings. The number of halogens is 2. The Kier molecular flexibility index (Phi) is 6.08. The molecule has 156 valence electrons. The van der Waals surface area contributed by atoms with Crippen molar-refractivity contribution in [3.05, 3.63) is 51.4 Å². The second-order valence-electron chi connectivity index (χ2n) is 8.32. The van der Waals surface area contributed by atoms with Gasteiger partial charge in [0, 0.05) is 10.4 Å². The highest BCUT2D eigenvalue weighted by atomic mass is 32.1. The summed E-state index contributed by atoms with van der Waals surface area (Å²) in [6, 6.07) is 2.96. The van der Waals surface area contributed by atoms with Gasteiger partial charge in [-0.15, -0.1) is 11.3 Å². The maximum absolute atomic E-state index is 13.5. The third-order valence-electron chi connectivity index (χ3n) is 5.38. The van der Waals surface area contributed by atoms with Crippen molar-refractivity contribution in [1.29, 1.82) is 0 Å². The van der Waals surface area contributed by atoms with Crippen LogP contribution in [0.4, 0.5) is 13.8 Å². The molecule has 0 radical (unpaired) electrons. The van der Waals surface area contributed by atoms with Crippen LogP contribution < -0.4 is 5.32 Å². The summed E-state index contributed by atoms with van der Waals surface area (Å²) in [4.78, 5) is 26.3. The van der Waals surface area contributed by atoms with Crippen molar-refractivity contribution < 1.29 is 23.1 Å². The van der Waals surface area contributed by atoms with Crippen molar-refractivity contribution in [1.82, 2.24) is 0 Å². The van der Waals surface area contributed by atoms with Crippen LogP contribution in [0.15, 0.2) is 18.2 Å². The number of rotatable bonds is 4. The highest BCUT2D eigenvalue weighted by Crippen LogP contribution is 2.44. The zero-order chi connectivity index (χ0) is 21.3. The van der Waals surface area contributed by atoms with Gasteiger partial charge < -0.3 is 10.1 Å². The maximum Gasteiger partial charge on any atom is 0.341 e. The van der Waals surface area contributed by atoms with E-state index >= 15 is 0 Å². The fourth-order valence-electron chi connectivity index (χ4n) is 3.65. The molecular formula is C22H25F2NO3S. The predicted octanol–water partition coefficient (Wildman–Crippen LogP) is 5.61. The molecule has 3 rings (SSSR count). The smallest absolute Gasteiger partial charge is 0.341 e. The Balaban J connectivity index is 1.95. The molecule has 1 atom stereocenters. The van der Waals surface area contributed by atoms with Crippen molar-refractivity contribution in [3.8, 4) is 0 Å². The first kappa shape index (κ1) is 21.4. The Bertz CT molecular complexity index is 946. The Morgan fingerprint density at radius 1 is 1.24 bits per heavy atom. The maximum atomic E-state index is 13.5. The molecule has 2 aromatic rings. The SMILES string of the molecule is CCOC(=O)c1c(NC(=O)c2ccc(F)c(F)c2)sc2c1CC[C@@H](C(C)(C)C)C2. The Hall–Kier alpha value is -2.28. The molecule has 0 fully saturated rings. The van der Waals surface area contributed by atoms with Crippen LogP contribution in [0.1, 0.15) is 65.3 Å². The zero-order valence-electron chi connectivity index (χ0n) is 17.0. The predicted molar refractivity (Wildman–Crippen MR) is 110 cm³/mol. The van der Waals surface area contributed by atoms with E-state index in [-0.39, 0.29) is 17.6 Å². The summed E-state index contributed by atoms with van der Waals surface area (Å²) >= 11 is 1.37. The van der Waals surface area contributed by atoms with Gasteiger partial charge in [0.05, 0.1) is 12.2 Å². The molecule has 1 aromatic heterocycles. The number of nitrogens with one attached hydrogen (secondary N) is 1. The van der Waals surface area contributed by atoms with Crippen molar-refractivity contribution in [2.24, 2.45) is 11.3 Å². The Labute approximate surface area is 173 Å². The van der Waals surface area contributed by atoms with Crippen molar-refractivity contribution in [3.63, 3.8) is 0 Å². The van der Waals surface area contributed by atoms with Crippen molar-refractivity contribution in [2.45, 2.75) is 47.0 Å². The number of fused-ring (bicyclic) bond motifs is 1. The molecule has 1 amide bonds. The summed E-state index contributed by atoms with van der Waals surface area (Å²) in [7, 11) is 0. The number of esters is 1. The summed E-state index contributed by atoms with van der Waals surface area (Å²) in [5.41, 5.74) is 1.43. The van der Waals surface area contributed by atoms with Gasteiger partial charge in [-0.3, -0.25) is 4.79 Å². The lowest BCUT2D eigenvalue weighted by Gasteiger charge is -2.33. The number of carbonyl (C=O) groups excluding carboxylic acids is 2. The molecule has 1 aromatic carbocycles. The van der Waals surface area contributed by atoms with Crippen LogP contribution in [0, 0.1) is 23.0 Å². The van der Waals surface area contributed by atoms with Crippen LogP contribution in [-0.4, -0.2) is 18.5 Å². The van der Waals surface area contributed by atoms with E-state index in [1.54, 1.807) is 6.92 Å². The van der Waals surface area contributed by atoms with E-state index < -0.39 is 23.5 Å². The lowest BCUT2D eigenvalue weighted by molar-refractivity contribution is 0.0526. The number of ether oxygens (including phenoxy) is 1. The van der Waals surface area contributed by atoms with Crippen LogP contribution in [0.5, 0.6) is 0 Å². The average Bonchev–Trinajstić information content (AvgIpc) is 3.00. The molecule has 0 aliphatic heterocycles. The number of thiophene rings is 1. The molecule has 0 bridgehead atoms. The number of hydrogen-bond donors (Lipinski definition) is 1. The van der Waals surface area contributed by atoms with Gasteiger partial charge in [-0.1, -0.05) is 20.8 Å². The minimum Gasteiger partial charge on any atom is -0.462 e. The molecule has 0 saturated heterocycles. The van der Waals surface area contributed by atoms with Crippen molar-refractivity contribution in [2.75, 3.05) is 11.9 Å². The Morgan fingerprint density at radius 2 is 1.97 bits per heavy atom. The van der Waals surface area contributed by atoms with Gasteiger partial charge in [0.25, 0.3) is 5.91 Å². The number of hydrogen-bond acceptors (Lipinski definition) is 4. The molecule has 0 spiro atoms. The van der Waals surface area contributed by atoms with Gasteiger partial charge >= 0.3 is 5.97 Å². The fraction of sp³-hybridized carbons (Fsp3) is 0.455. The molecule has 1 N–H and O–H groups in total. The van der Waals surface area contributed by atoms with E-state index in [2.05, 4.69) is 26.1 Å². The molecule has 29 heavy (non-hydrogen) atoms. The molecule has 7 heteroatoms. The van der Waals surface area contributed by atoms with Gasteiger partial charge in [0.1, 0.15) is 5.00 Å². The molecule has 4 nitrogen and oxygen atoms in total. The molecule has 1 heterocycles. The van der Waals surface area contributed by atoms with Crippen LogP contribution in [0.25, 0.3) is 0 Å². The third-order valence-corrected chi connectivity index (χ3v) is 6.55. The quantitative estimate of drug-likeness (QED) is 0.653. The third kappa shape index (κ3) is 4.50. The van der Waals surface area contributed by atoms with Gasteiger partial charge in [-0.25, -0.2) is 13.6 Å². The first-order valence-electron chi connectivity index (χ1n) is 9.69. The minimum absolute atomic E-state index is 0.0161. The Morgan fingerprint density at radius 3 is 2.59 bits per heavy atom. The fourth-order valence-corrected chi connectivity index (χ4v) is 4.96. The van der Waals surface area contributed by atoms with Crippen LogP contribution in [0.2, 0.25) is 0 Å². The summed E-state index contributed by atoms with van der Waals surface area (Å²) in [6.45, 7) is 8.56. The molecule has 1 aliphatic carbocycles. The van der Waals surface area contributed by atoms with Gasteiger partial charge in [-0.2, -0.15) is 0 Å². The molecule has 0 unspecified atom stereocenters. The zero-order valence-corrected chi connectivity index (χ0v) is 17.8. The topological polar surface area (TPSA) is 55.4 Å². The van der Waals surface area contributed by atoms with Crippen LogP contribution in [-0.2, 0) is 17.6 Å². The number of amides is 1. The average molecular weight is 422 g/mol. The largest absolute Gasteiger partial charge is 0.462 e. The number of benzene rings is 1. The number of carbonyl (C=O) groups is 2. The second kappa shape index (κ2) is 8.22. The monoisotopic (exact) mass is 421 g/mol. The van der Waals surface area contributed by atoms with Gasteiger partial charge in [-0.05, 0) is 61.3 Å². The van der Waals surface area contributed by atoms with Gasteiger partial charge in [0.2, 0.25) is 0 Å². The second-order valence-corrected chi connectivity index (χ2v) is 9.42. The van der Waals surface area contributed by atoms with Crippen LogP contribution >= 0.6 is 11.3 Å². The number of anilines is 1. The van der Waals surface area contributed by atoms with Crippen LogP contribution in [0.3, 0.4) is 0 Å². The normalized spacial score (nSPS) is 16.3. The van der Waals surface area contributed by atoms with E-state index in [0.29, 0.717) is 16.5 Å².